The van der Waals surface area contributed by atoms with E-state index in [-0.39, 0.29) is 10.6 Å². The Morgan fingerprint density at radius 1 is 1.05 bits per heavy atom. The van der Waals surface area contributed by atoms with Crippen LogP contribution in [0.5, 0.6) is 11.5 Å². The standard InChI is InChI=1S/C32H43ClF2N2O/c1-4-13-26(24-36)14-9-11-22-37(23-12-10-17-31(33)30(5-2)32(3,34)35)25-27-18-20-29(21-19-27)38-28-15-7-6-8-16-28/h5-8,10,15-21,26H,2,4,9,11-14,22-25,36H2,1,3H3/b17-10-,31-30-. The molecule has 208 valence electrons. The molecule has 1 atom stereocenters. The molecule has 2 rings (SSSR count). The Morgan fingerprint density at radius 2 is 1.74 bits per heavy atom. The number of alkyl halides is 2. The van der Waals surface area contributed by atoms with Crippen molar-refractivity contribution in [1.82, 2.24) is 4.90 Å². The van der Waals surface area contributed by atoms with Crippen molar-refractivity contribution in [3.05, 3.63) is 95.6 Å². The minimum atomic E-state index is -3.02. The number of hydrogen-bond donors (Lipinski definition) is 1. The Hall–Kier alpha value is -2.47. The van der Waals surface area contributed by atoms with Crippen molar-refractivity contribution in [3.63, 3.8) is 0 Å². The predicted octanol–water partition coefficient (Wildman–Crippen LogP) is 9.11. The van der Waals surface area contributed by atoms with Crippen LogP contribution >= 0.6 is 11.6 Å². The molecule has 2 N–H and O–H groups in total. The van der Waals surface area contributed by atoms with Crippen LogP contribution in [-0.4, -0.2) is 30.5 Å². The highest BCUT2D eigenvalue weighted by atomic mass is 35.5. The molecule has 0 aromatic heterocycles. The van der Waals surface area contributed by atoms with E-state index >= 15 is 0 Å². The predicted molar refractivity (Wildman–Crippen MR) is 157 cm³/mol. The number of rotatable bonds is 18. The minimum absolute atomic E-state index is 0.0248. The second-order valence-corrected chi connectivity index (χ2v) is 10.2. The zero-order valence-electron chi connectivity index (χ0n) is 22.9. The van der Waals surface area contributed by atoms with Crippen LogP contribution in [0.3, 0.4) is 0 Å². The van der Waals surface area contributed by atoms with Gasteiger partial charge in [-0.3, -0.25) is 4.90 Å². The summed E-state index contributed by atoms with van der Waals surface area (Å²) < 4.78 is 33.3. The Morgan fingerprint density at radius 3 is 2.34 bits per heavy atom. The number of allylic oxidation sites excluding steroid dienone is 4. The van der Waals surface area contributed by atoms with E-state index in [1.54, 1.807) is 6.08 Å². The fourth-order valence-corrected chi connectivity index (χ4v) is 4.72. The Kier molecular flexibility index (Phi) is 14.4. The zero-order chi connectivity index (χ0) is 27.8. The lowest BCUT2D eigenvalue weighted by molar-refractivity contribution is 0.0672. The molecule has 0 radical (unpaired) electrons. The van der Waals surface area contributed by atoms with Gasteiger partial charge in [0, 0.05) is 30.6 Å². The molecule has 0 fully saturated rings. The number of nitrogens with zero attached hydrogens (tertiary/aromatic N) is 1. The highest BCUT2D eigenvalue weighted by Crippen LogP contribution is 2.29. The summed E-state index contributed by atoms with van der Waals surface area (Å²) in [6.07, 6.45) is 11.0. The number of benzene rings is 2. The van der Waals surface area contributed by atoms with Crippen LogP contribution in [0.15, 0.2) is 90.0 Å². The fourth-order valence-electron chi connectivity index (χ4n) is 4.39. The van der Waals surface area contributed by atoms with Crippen LogP contribution in [0.25, 0.3) is 0 Å². The van der Waals surface area contributed by atoms with Gasteiger partial charge in [0.15, 0.2) is 0 Å². The van der Waals surface area contributed by atoms with Gasteiger partial charge in [0.2, 0.25) is 0 Å². The van der Waals surface area contributed by atoms with Crippen molar-refractivity contribution in [2.75, 3.05) is 19.6 Å². The number of para-hydroxylation sites is 1. The van der Waals surface area contributed by atoms with E-state index in [0.717, 1.165) is 69.9 Å². The summed E-state index contributed by atoms with van der Waals surface area (Å²) in [4.78, 5) is 2.40. The second kappa shape index (κ2) is 17.2. The van der Waals surface area contributed by atoms with E-state index in [0.29, 0.717) is 12.3 Å². The summed E-state index contributed by atoms with van der Waals surface area (Å²) >= 11 is 6.13. The van der Waals surface area contributed by atoms with Crippen LogP contribution in [0.4, 0.5) is 8.78 Å². The van der Waals surface area contributed by atoms with Crippen LogP contribution in [0.2, 0.25) is 0 Å². The Bertz CT molecular complexity index is 1000. The molecule has 0 spiro atoms. The summed E-state index contributed by atoms with van der Waals surface area (Å²) in [5.41, 5.74) is 6.87. The van der Waals surface area contributed by atoms with Gasteiger partial charge in [0.25, 0.3) is 5.92 Å². The van der Waals surface area contributed by atoms with Gasteiger partial charge < -0.3 is 10.5 Å². The molecule has 2 aromatic carbocycles. The van der Waals surface area contributed by atoms with E-state index in [1.165, 1.54) is 18.4 Å². The second-order valence-electron chi connectivity index (χ2n) is 9.77. The van der Waals surface area contributed by atoms with E-state index in [9.17, 15) is 8.78 Å². The van der Waals surface area contributed by atoms with Gasteiger partial charge in [-0.2, -0.15) is 0 Å². The molecule has 0 saturated carbocycles. The van der Waals surface area contributed by atoms with Gasteiger partial charge in [0.05, 0.1) is 0 Å². The van der Waals surface area contributed by atoms with Gasteiger partial charge in [0.1, 0.15) is 11.5 Å². The SMILES string of the molecule is C=C/C(=C(Cl)\C=C/CCN(CCCCC(CN)CCC)Cc1ccc(Oc2ccccc2)cc1)C(C)(F)F. The van der Waals surface area contributed by atoms with Gasteiger partial charge in [-0.1, -0.05) is 80.4 Å². The maximum Gasteiger partial charge on any atom is 0.271 e. The van der Waals surface area contributed by atoms with E-state index in [2.05, 4.69) is 30.5 Å². The van der Waals surface area contributed by atoms with Crippen molar-refractivity contribution >= 4 is 11.6 Å². The first-order valence-corrected chi connectivity index (χ1v) is 14.0. The molecule has 2 aromatic rings. The largest absolute Gasteiger partial charge is 0.457 e. The monoisotopic (exact) mass is 544 g/mol. The number of hydrogen-bond acceptors (Lipinski definition) is 3. The van der Waals surface area contributed by atoms with Crippen LogP contribution in [0.1, 0.15) is 57.9 Å². The summed E-state index contributed by atoms with van der Waals surface area (Å²) in [6, 6.07) is 17.9. The molecule has 0 aliphatic rings. The summed E-state index contributed by atoms with van der Waals surface area (Å²) in [5, 5.41) is 0.0248. The maximum atomic E-state index is 13.7. The average molecular weight is 545 g/mol. The van der Waals surface area contributed by atoms with Crippen molar-refractivity contribution in [1.29, 1.82) is 0 Å². The number of halogens is 3. The summed E-state index contributed by atoms with van der Waals surface area (Å²) in [6.45, 7) is 9.79. The molecule has 1 unspecified atom stereocenters. The quantitative estimate of drug-likeness (QED) is 0.150. The summed E-state index contributed by atoms with van der Waals surface area (Å²) in [7, 11) is 0. The molecule has 0 bridgehead atoms. The van der Waals surface area contributed by atoms with Crippen LogP contribution in [0, 0.1) is 5.92 Å². The van der Waals surface area contributed by atoms with Crippen LogP contribution in [-0.2, 0) is 6.54 Å². The normalized spacial score (nSPS) is 13.6. The molecule has 0 aliphatic heterocycles. The molecular formula is C32H43ClF2N2O. The first-order valence-electron chi connectivity index (χ1n) is 13.6. The van der Waals surface area contributed by atoms with Crippen molar-refractivity contribution in [2.24, 2.45) is 11.7 Å². The Balaban J connectivity index is 2.00. The molecule has 38 heavy (non-hydrogen) atoms. The molecule has 0 heterocycles. The number of ether oxygens (including phenoxy) is 1. The first-order chi connectivity index (χ1) is 18.3. The lowest BCUT2D eigenvalue weighted by Gasteiger charge is -2.23. The van der Waals surface area contributed by atoms with Gasteiger partial charge >= 0.3 is 0 Å². The van der Waals surface area contributed by atoms with Crippen LogP contribution < -0.4 is 10.5 Å². The highest BCUT2D eigenvalue weighted by Gasteiger charge is 2.27. The molecule has 0 amide bonds. The zero-order valence-corrected chi connectivity index (χ0v) is 23.6. The van der Waals surface area contributed by atoms with Crippen molar-refractivity contribution < 1.29 is 13.5 Å². The number of unbranched alkanes of at least 4 members (excludes halogenated alkanes) is 1. The third kappa shape index (κ3) is 11.9. The van der Waals surface area contributed by atoms with Crippen molar-refractivity contribution in [2.45, 2.75) is 64.8 Å². The fraction of sp³-hybridized carbons (Fsp3) is 0.438. The van der Waals surface area contributed by atoms with E-state index in [4.69, 9.17) is 22.1 Å². The van der Waals surface area contributed by atoms with Gasteiger partial charge in [-0.25, -0.2) is 8.78 Å². The first kappa shape index (κ1) is 31.7. The third-order valence-electron chi connectivity index (χ3n) is 6.49. The van der Waals surface area contributed by atoms with Gasteiger partial charge in [-0.15, -0.1) is 0 Å². The minimum Gasteiger partial charge on any atom is -0.457 e. The lowest BCUT2D eigenvalue weighted by atomic mass is 9.97. The van der Waals surface area contributed by atoms with Crippen molar-refractivity contribution in [3.8, 4) is 11.5 Å². The smallest absolute Gasteiger partial charge is 0.271 e. The topological polar surface area (TPSA) is 38.5 Å². The molecular weight excluding hydrogens is 502 g/mol. The van der Waals surface area contributed by atoms with E-state index < -0.39 is 5.92 Å². The average Bonchev–Trinajstić information content (AvgIpc) is 2.89. The maximum absolute atomic E-state index is 13.7. The third-order valence-corrected chi connectivity index (χ3v) is 6.82. The van der Waals surface area contributed by atoms with Gasteiger partial charge in [-0.05, 0) is 80.6 Å². The lowest BCUT2D eigenvalue weighted by Crippen LogP contribution is -2.25. The summed E-state index contributed by atoms with van der Waals surface area (Å²) in [5.74, 6) is -0.825. The highest BCUT2D eigenvalue weighted by molar-refractivity contribution is 6.31. The number of nitrogens with two attached hydrogens (primary N) is 1. The Labute approximate surface area is 233 Å². The molecule has 0 saturated heterocycles. The molecule has 6 heteroatoms. The van der Waals surface area contributed by atoms with E-state index in [1.807, 2.05) is 48.5 Å². The molecule has 3 nitrogen and oxygen atoms in total. The molecule has 0 aliphatic carbocycles.